The van der Waals surface area contributed by atoms with Crippen LogP contribution in [0, 0.1) is 5.92 Å². The van der Waals surface area contributed by atoms with Gasteiger partial charge in [0.1, 0.15) is 0 Å². The van der Waals surface area contributed by atoms with Gasteiger partial charge >= 0.3 is 0 Å². The summed E-state index contributed by atoms with van der Waals surface area (Å²) in [4.78, 5) is 24.5. The van der Waals surface area contributed by atoms with Gasteiger partial charge in [-0.05, 0) is 31.0 Å². The van der Waals surface area contributed by atoms with Crippen molar-refractivity contribution in [1.82, 2.24) is 14.9 Å². The highest BCUT2D eigenvalue weighted by molar-refractivity contribution is 5.81. The molecule has 136 valence electrons. The molecule has 0 saturated carbocycles. The van der Waals surface area contributed by atoms with Crippen molar-refractivity contribution in [2.75, 3.05) is 31.1 Å². The third-order valence-corrected chi connectivity index (χ3v) is 5.08. The number of anilines is 1. The maximum atomic E-state index is 13.0. The second-order valence-corrected chi connectivity index (χ2v) is 6.92. The molecule has 2 aliphatic rings. The molecule has 4 rings (SSSR count). The first-order chi connectivity index (χ1) is 12.5. The van der Waals surface area contributed by atoms with E-state index >= 15 is 0 Å². The number of hydrogen-bond donors (Lipinski definition) is 0. The van der Waals surface area contributed by atoms with E-state index in [-0.39, 0.29) is 11.8 Å². The largest absolute Gasteiger partial charge is 0.370 e. The van der Waals surface area contributed by atoms with Gasteiger partial charge in [-0.25, -0.2) is 8.78 Å². The van der Waals surface area contributed by atoms with E-state index in [0.29, 0.717) is 25.9 Å². The van der Waals surface area contributed by atoms with Gasteiger partial charge in [-0.15, -0.1) is 0 Å². The van der Waals surface area contributed by atoms with Gasteiger partial charge in [-0.3, -0.25) is 14.8 Å². The summed E-state index contributed by atoms with van der Waals surface area (Å²) in [6, 6.07) is 7.72. The average Bonchev–Trinajstić information content (AvgIpc) is 2.66. The molecule has 0 aromatic carbocycles. The summed E-state index contributed by atoms with van der Waals surface area (Å²) in [5.74, 6) is -3.01. The summed E-state index contributed by atoms with van der Waals surface area (Å²) < 4.78 is 26.0. The first kappa shape index (κ1) is 16.9. The lowest BCUT2D eigenvalue weighted by Gasteiger charge is -2.42. The van der Waals surface area contributed by atoms with Crippen molar-refractivity contribution in [3.63, 3.8) is 0 Å². The van der Waals surface area contributed by atoms with Crippen LogP contribution in [0.2, 0.25) is 0 Å². The zero-order chi connectivity index (χ0) is 18.1. The van der Waals surface area contributed by atoms with Gasteiger partial charge in [0.25, 0.3) is 5.92 Å². The van der Waals surface area contributed by atoms with Crippen molar-refractivity contribution >= 4 is 11.6 Å². The summed E-state index contributed by atoms with van der Waals surface area (Å²) in [5.41, 5.74) is 2.88. The summed E-state index contributed by atoms with van der Waals surface area (Å²) in [6.45, 7) is 0.537. The SMILES string of the molecule is O=C(C1CCN(c2cnccc2-c2ccccn2)CC1)N1CC(F)(F)C1. The van der Waals surface area contributed by atoms with Crippen molar-refractivity contribution in [3.05, 3.63) is 42.9 Å². The summed E-state index contributed by atoms with van der Waals surface area (Å²) in [6.07, 6.45) is 6.65. The Kier molecular flexibility index (Phi) is 4.30. The van der Waals surface area contributed by atoms with E-state index in [1.54, 1.807) is 12.4 Å². The number of nitrogens with zero attached hydrogens (tertiary/aromatic N) is 4. The van der Waals surface area contributed by atoms with Gasteiger partial charge in [0.2, 0.25) is 5.91 Å². The quantitative estimate of drug-likeness (QED) is 0.847. The van der Waals surface area contributed by atoms with Gasteiger partial charge in [-0.1, -0.05) is 6.07 Å². The first-order valence-corrected chi connectivity index (χ1v) is 8.80. The van der Waals surface area contributed by atoms with Crippen LogP contribution in [-0.2, 0) is 4.79 Å². The van der Waals surface area contributed by atoms with Crippen LogP contribution in [-0.4, -0.2) is 52.9 Å². The standard InChI is InChI=1S/C19H20F2N4O/c20-19(21)12-25(13-19)18(26)14-5-9-24(10-6-14)17-11-22-8-4-15(17)16-3-1-2-7-23-16/h1-4,7-8,11,14H,5-6,9-10,12-13H2. The van der Waals surface area contributed by atoms with Crippen LogP contribution in [0.4, 0.5) is 14.5 Å². The van der Waals surface area contributed by atoms with Crippen LogP contribution in [0.3, 0.4) is 0 Å². The minimum Gasteiger partial charge on any atom is -0.370 e. The zero-order valence-electron chi connectivity index (χ0n) is 14.3. The second kappa shape index (κ2) is 6.63. The molecule has 0 atom stereocenters. The van der Waals surface area contributed by atoms with Gasteiger partial charge in [-0.2, -0.15) is 0 Å². The molecule has 7 heteroatoms. The molecule has 2 aliphatic heterocycles. The molecule has 0 bridgehead atoms. The van der Waals surface area contributed by atoms with E-state index in [1.165, 1.54) is 4.90 Å². The monoisotopic (exact) mass is 358 g/mol. The maximum Gasteiger partial charge on any atom is 0.282 e. The Bertz CT molecular complexity index is 783. The van der Waals surface area contributed by atoms with Gasteiger partial charge in [0.05, 0.1) is 30.7 Å². The number of piperidine rings is 1. The normalized spacial score (nSPS) is 19.9. The van der Waals surface area contributed by atoms with E-state index in [1.807, 2.05) is 30.5 Å². The fourth-order valence-electron chi connectivity index (χ4n) is 3.67. The van der Waals surface area contributed by atoms with E-state index in [2.05, 4.69) is 14.9 Å². The van der Waals surface area contributed by atoms with E-state index in [9.17, 15) is 13.6 Å². The van der Waals surface area contributed by atoms with Crippen LogP contribution in [0.1, 0.15) is 12.8 Å². The number of rotatable bonds is 3. The Morgan fingerprint density at radius 1 is 1.12 bits per heavy atom. The number of carbonyl (C=O) groups is 1. The lowest BCUT2D eigenvalue weighted by Crippen LogP contribution is -2.60. The van der Waals surface area contributed by atoms with Crippen molar-refractivity contribution in [2.45, 2.75) is 18.8 Å². The number of halogens is 2. The predicted molar refractivity (Wildman–Crippen MR) is 93.9 cm³/mol. The van der Waals surface area contributed by atoms with E-state index in [0.717, 1.165) is 16.9 Å². The molecule has 2 fully saturated rings. The Labute approximate surface area is 150 Å². The van der Waals surface area contributed by atoms with Gasteiger partial charge < -0.3 is 9.80 Å². The Hall–Kier alpha value is -2.57. The fourth-order valence-corrected chi connectivity index (χ4v) is 3.67. The summed E-state index contributed by atoms with van der Waals surface area (Å²) in [5, 5.41) is 0. The van der Waals surface area contributed by atoms with Crippen molar-refractivity contribution in [2.24, 2.45) is 5.92 Å². The van der Waals surface area contributed by atoms with Crippen LogP contribution in [0.15, 0.2) is 42.9 Å². The molecule has 5 nitrogen and oxygen atoms in total. The lowest BCUT2D eigenvalue weighted by molar-refractivity contribution is -0.170. The van der Waals surface area contributed by atoms with E-state index in [4.69, 9.17) is 0 Å². The third kappa shape index (κ3) is 3.25. The number of likely N-dealkylation sites (tertiary alicyclic amines) is 1. The van der Waals surface area contributed by atoms with Crippen LogP contribution in [0.5, 0.6) is 0 Å². The third-order valence-electron chi connectivity index (χ3n) is 5.08. The van der Waals surface area contributed by atoms with E-state index < -0.39 is 19.0 Å². The highest BCUT2D eigenvalue weighted by Gasteiger charge is 2.47. The second-order valence-electron chi connectivity index (χ2n) is 6.92. The number of pyridine rings is 2. The predicted octanol–water partition coefficient (Wildman–Crippen LogP) is 2.84. The number of alkyl halides is 2. The minimum absolute atomic E-state index is 0.133. The van der Waals surface area contributed by atoms with Crippen LogP contribution in [0.25, 0.3) is 11.3 Å². The summed E-state index contributed by atoms with van der Waals surface area (Å²) in [7, 11) is 0. The molecule has 0 radical (unpaired) electrons. The Morgan fingerprint density at radius 3 is 2.54 bits per heavy atom. The zero-order valence-corrected chi connectivity index (χ0v) is 14.3. The molecule has 4 heterocycles. The van der Waals surface area contributed by atoms with Crippen LogP contribution < -0.4 is 4.90 Å². The molecule has 2 aromatic rings. The highest BCUT2D eigenvalue weighted by atomic mass is 19.3. The first-order valence-electron chi connectivity index (χ1n) is 8.80. The fraction of sp³-hybridized carbons (Fsp3) is 0.421. The molecule has 0 aliphatic carbocycles. The van der Waals surface area contributed by atoms with Gasteiger partial charge in [0.15, 0.2) is 0 Å². The topological polar surface area (TPSA) is 49.3 Å². The smallest absolute Gasteiger partial charge is 0.282 e. The Balaban J connectivity index is 1.44. The number of hydrogen-bond acceptors (Lipinski definition) is 4. The molecule has 0 unspecified atom stereocenters. The number of carbonyl (C=O) groups excluding carboxylic acids is 1. The van der Waals surface area contributed by atoms with Crippen molar-refractivity contribution < 1.29 is 13.6 Å². The molecule has 2 aromatic heterocycles. The maximum absolute atomic E-state index is 13.0. The number of amides is 1. The number of aromatic nitrogens is 2. The summed E-state index contributed by atoms with van der Waals surface area (Å²) >= 11 is 0. The lowest BCUT2D eigenvalue weighted by atomic mass is 9.93. The van der Waals surface area contributed by atoms with Crippen LogP contribution >= 0.6 is 0 Å². The molecule has 26 heavy (non-hydrogen) atoms. The molecule has 2 saturated heterocycles. The molecule has 0 spiro atoms. The molecule has 0 N–H and O–H groups in total. The molecular weight excluding hydrogens is 338 g/mol. The Morgan fingerprint density at radius 2 is 1.88 bits per heavy atom. The van der Waals surface area contributed by atoms with Gasteiger partial charge in [0, 0.05) is 37.0 Å². The van der Waals surface area contributed by atoms with Crippen molar-refractivity contribution in [3.8, 4) is 11.3 Å². The molecular formula is C19H20F2N4O. The van der Waals surface area contributed by atoms with Crippen molar-refractivity contribution in [1.29, 1.82) is 0 Å². The minimum atomic E-state index is -2.70. The highest BCUT2D eigenvalue weighted by Crippen LogP contribution is 2.34. The average molecular weight is 358 g/mol. The molecule has 1 amide bonds.